The third kappa shape index (κ3) is 2.54. The maximum absolute atomic E-state index is 13.3. The van der Waals surface area contributed by atoms with Gasteiger partial charge in [-0.05, 0) is 12.1 Å². The van der Waals surface area contributed by atoms with E-state index in [1.807, 2.05) is 0 Å². The monoisotopic (exact) mass is 277 g/mol. The molecular weight excluding hydrogens is 272 g/mol. The largest absolute Gasteiger partial charge is 0.428 e. The Morgan fingerprint density at radius 3 is 2.82 bits per heavy atom. The Morgan fingerprint density at radius 1 is 1.41 bits per heavy atom. The number of nitrogens with zero attached hydrogens (tertiary/aromatic N) is 1. The van der Waals surface area contributed by atoms with Gasteiger partial charge in [0.1, 0.15) is 5.15 Å². The SMILES string of the molecule is OCc1sc(Oc2cccc(F)c2F)nc1Cl. The van der Waals surface area contributed by atoms with Crippen LogP contribution in [0, 0.1) is 11.6 Å². The van der Waals surface area contributed by atoms with Crippen molar-refractivity contribution < 1.29 is 18.6 Å². The summed E-state index contributed by atoms with van der Waals surface area (Å²) in [6.07, 6.45) is 0. The number of benzene rings is 1. The van der Waals surface area contributed by atoms with Crippen molar-refractivity contribution in [3.05, 3.63) is 39.9 Å². The minimum absolute atomic E-state index is 0.0450. The molecule has 0 atom stereocenters. The second-order valence-electron chi connectivity index (χ2n) is 3.01. The molecule has 0 radical (unpaired) electrons. The van der Waals surface area contributed by atoms with Crippen LogP contribution in [0.25, 0.3) is 0 Å². The van der Waals surface area contributed by atoms with Crippen molar-refractivity contribution in [3.63, 3.8) is 0 Å². The Morgan fingerprint density at radius 2 is 2.18 bits per heavy atom. The lowest BCUT2D eigenvalue weighted by Gasteiger charge is -2.02. The van der Waals surface area contributed by atoms with Gasteiger partial charge in [-0.2, -0.15) is 9.37 Å². The Kier molecular flexibility index (Phi) is 3.56. The smallest absolute Gasteiger partial charge is 0.280 e. The summed E-state index contributed by atoms with van der Waals surface area (Å²) in [6, 6.07) is 3.57. The van der Waals surface area contributed by atoms with E-state index in [4.69, 9.17) is 21.4 Å². The zero-order valence-corrected chi connectivity index (χ0v) is 9.86. The van der Waals surface area contributed by atoms with E-state index >= 15 is 0 Å². The molecule has 2 aromatic rings. The van der Waals surface area contributed by atoms with Gasteiger partial charge in [-0.25, -0.2) is 4.39 Å². The molecule has 0 fully saturated rings. The number of hydrogen-bond acceptors (Lipinski definition) is 4. The second kappa shape index (κ2) is 4.95. The van der Waals surface area contributed by atoms with Crippen LogP contribution < -0.4 is 4.74 Å². The van der Waals surface area contributed by atoms with Crippen LogP contribution in [-0.4, -0.2) is 10.1 Å². The van der Waals surface area contributed by atoms with E-state index in [2.05, 4.69) is 4.98 Å². The third-order valence-corrected chi connectivity index (χ3v) is 3.23. The van der Waals surface area contributed by atoms with Crippen molar-refractivity contribution in [1.29, 1.82) is 0 Å². The lowest BCUT2D eigenvalue weighted by atomic mass is 10.3. The highest BCUT2D eigenvalue weighted by Crippen LogP contribution is 2.33. The number of aliphatic hydroxyl groups excluding tert-OH is 1. The molecule has 0 aliphatic rings. The fraction of sp³-hybridized carbons (Fsp3) is 0.100. The molecule has 0 amide bonds. The van der Waals surface area contributed by atoms with E-state index in [0.717, 1.165) is 17.4 Å². The second-order valence-corrected chi connectivity index (χ2v) is 4.41. The molecule has 90 valence electrons. The zero-order chi connectivity index (χ0) is 12.4. The summed E-state index contributed by atoms with van der Waals surface area (Å²) in [5, 5.41) is 9.03. The van der Waals surface area contributed by atoms with Gasteiger partial charge in [0.05, 0.1) is 11.5 Å². The number of halogens is 3. The van der Waals surface area contributed by atoms with Gasteiger partial charge in [0.2, 0.25) is 5.82 Å². The first-order chi connectivity index (χ1) is 8.11. The highest BCUT2D eigenvalue weighted by Gasteiger charge is 2.14. The molecule has 7 heteroatoms. The Balaban J connectivity index is 2.28. The molecule has 17 heavy (non-hydrogen) atoms. The van der Waals surface area contributed by atoms with Gasteiger partial charge in [0.15, 0.2) is 11.6 Å². The fourth-order valence-electron chi connectivity index (χ4n) is 1.11. The minimum Gasteiger partial charge on any atom is -0.428 e. The molecule has 0 saturated carbocycles. The van der Waals surface area contributed by atoms with Crippen molar-refractivity contribution in [2.75, 3.05) is 0 Å². The van der Waals surface area contributed by atoms with Crippen LogP contribution in [0.3, 0.4) is 0 Å². The normalized spacial score (nSPS) is 10.6. The Bertz CT molecular complexity index is 547. The molecule has 0 bridgehead atoms. The predicted octanol–water partition coefficient (Wildman–Crippen LogP) is 3.36. The lowest BCUT2D eigenvalue weighted by Crippen LogP contribution is -1.90. The zero-order valence-electron chi connectivity index (χ0n) is 8.28. The van der Waals surface area contributed by atoms with Gasteiger partial charge in [-0.3, -0.25) is 0 Å². The van der Waals surface area contributed by atoms with Crippen molar-refractivity contribution in [2.45, 2.75) is 6.61 Å². The average Bonchev–Trinajstić information content (AvgIpc) is 2.65. The summed E-state index contributed by atoms with van der Waals surface area (Å²) in [7, 11) is 0. The molecule has 1 aromatic carbocycles. The first kappa shape index (κ1) is 12.2. The van der Waals surface area contributed by atoms with Crippen LogP contribution in [-0.2, 0) is 6.61 Å². The molecule has 1 heterocycles. The Hall–Kier alpha value is -1.24. The first-order valence-corrected chi connectivity index (χ1v) is 5.69. The molecule has 0 spiro atoms. The van der Waals surface area contributed by atoms with E-state index in [-0.39, 0.29) is 22.7 Å². The first-order valence-electron chi connectivity index (χ1n) is 4.49. The summed E-state index contributed by atoms with van der Waals surface area (Å²) in [6.45, 7) is -0.286. The predicted molar refractivity (Wildman–Crippen MR) is 59.5 cm³/mol. The fourth-order valence-corrected chi connectivity index (χ4v) is 2.09. The van der Waals surface area contributed by atoms with Crippen LogP contribution in [0.1, 0.15) is 4.88 Å². The molecule has 2 rings (SSSR count). The average molecular weight is 278 g/mol. The molecular formula is C10H6ClF2NO2S. The quantitative estimate of drug-likeness (QED) is 0.935. The van der Waals surface area contributed by atoms with E-state index in [1.54, 1.807) is 0 Å². The summed E-state index contributed by atoms with van der Waals surface area (Å²) in [5.74, 6) is -2.38. The topological polar surface area (TPSA) is 42.4 Å². The molecule has 1 aromatic heterocycles. The van der Waals surface area contributed by atoms with Crippen LogP contribution in [0.5, 0.6) is 10.9 Å². The molecule has 0 aliphatic heterocycles. The van der Waals surface area contributed by atoms with Gasteiger partial charge in [0, 0.05) is 0 Å². The van der Waals surface area contributed by atoms with Gasteiger partial charge in [-0.1, -0.05) is 29.0 Å². The van der Waals surface area contributed by atoms with Crippen molar-refractivity contribution in [3.8, 4) is 10.9 Å². The van der Waals surface area contributed by atoms with Gasteiger partial charge >= 0.3 is 0 Å². The molecule has 0 saturated heterocycles. The number of ether oxygens (including phenoxy) is 1. The summed E-state index contributed by atoms with van der Waals surface area (Å²) in [4.78, 5) is 4.16. The number of rotatable bonds is 3. The molecule has 3 nitrogen and oxygen atoms in total. The van der Waals surface area contributed by atoms with E-state index in [0.29, 0.717) is 4.88 Å². The van der Waals surface area contributed by atoms with Crippen LogP contribution >= 0.6 is 22.9 Å². The van der Waals surface area contributed by atoms with E-state index < -0.39 is 11.6 Å². The molecule has 1 N–H and O–H groups in total. The van der Waals surface area contributed by atoms with Gasteiger partial charge < -0.3 is 9.84 Å². The maximum atomic E-state index is 13.3. The van der Waals surface area contributed by atoms with Crippen molar-refractivity contribution in [2.24, 2.45) is 0 Å². The highest BCUT2D eigenvalue weighted by atomic mass is 35.5. The molecule has 0 unspecified atom stereocenters. The van der Waals surface area contributed by atoms with Crippen LogP contribution in [0.4, 0.5) is 8.78 Å². The number of hydrogen-bond donors (Lipinski definition) is 1. The summed E-state index contributed by atoms with van der Waals surface area (Å²) >= 11 is 6.64. The number of aromatic nitrogens is 1. The van der Waals surface area contributed by atoms with Crippen LogP contribution in [0.15, 0.2) is 18.2 Å². The molecule has 0 aliphatic carbocycles. The Labute approximate surface area is 104 Å². The van der Waals surface area contributed by atoms with Crippen molar-refractivity contribution in [1.82, 2.24) is 4.98 Å². The highest BCUT2D eigenvalue weighted by molar-refractivity contribution is 7.13. The number of aliphatic hydroxyl groups is 1. The standard InChI is InChI=1S/C10H6ClF2NO2S/c11-9-7(4-15)17-10(14-9)16-6-3-1-2-5(12)8(6)13/h1-3,15H,4H2. The van der Waals surface area contributed by atoms with Gasteiger partial charge in [0.25, 0.3) is 5.19 Å². The third-order valence-electron chi connectivity index (χ3n) is 1.89. The van der Waals surface area contributed by atoms with Crippen molar-refractivity contribution >= 4 is 22.9 Å². The summed E-state index contributed by atoms with van der Waals surface area (Å²) < 4.78 is 31.2. The van der Waals surface area contributed by atoms with E-state index in [1.165, 1.54) is 12.1 Å². The van der Waals surface area contributed by atoms with Gasteiger partial charge in [-0.15, -0.1) is 0 Å². The maximum Gasteiger partial charge on any atom is 0.280 e. The van der Waals surface area contributed by atoms with Crippen LogP contribution in [0.2, 0.25) is 5.15 Å². The minimum atomic E-state index is -1.09. The summed E-state index contributed by atoms with van der Waals surface area (Å²) in [5.41, 5.74) is 0. The number of thiazole rings is 1. The van der Waals surface area contributed by atoms with E-state index in [9.17, 15) is 8.78 Å². The lowest BCUT2D eigenvalue weighted by molar-refractivity contribution is 0.285.